The predicted octanol–water partition coefficient (Wildman–Crippen LogP) is 3.31. The molecule has 10 heteroatoms. The third kappa shape index (κ3) is 4.29. The van der Waals surface area contributed by atoms with Gasteiger partial charge < -0.3 is 4.90 Å². The van der Waals surface area contributed by atoms with Crippen LogP contribution in [0.2, 0.25) is 10.0 Å². The number of amides is 1. The summed E-state index contributed by atoms with van der Waals surface area (Å²) in [7, 11) is 0. The van der Waals surface area contributed by atoms with Gasteiger partial charge in [-0.05, 0) is 26.0 Å². The molecule has 0 spiro atoms. The molecular weight excluding hydrogens is 405 g/mol. The van der Waals surface area contributed by atoms with Crippen molar-refractivity contribution in [2.24, 2.45) is 0 Å². The van der Waals surface area contributed by atoms with E-state index in [2.05, 4.69) is 10.00 Å². The summed E-state index contributed by atoms with van der Waals surface area (Å²) in [5, 5.41) is 16.4. The third-order valence-electron chi connectivity index (χ3n) is 4.97. The molecule has 150 valence electrons. The summed E-state index contributed by atoms with van der Waals surface area (Å²) in [6, 6.07) is 4.84. The van der Waals surface area contributed by atoms with E-state index in [9.17, 15) is 14.9 Å². The molecule has 1 atom stereocenters. The van der Waals surface area contributed by atoms with Gasteiger partial charge in [-0.15, -0.1) is 0 Å². The Kier molecular flexibility index (Phi) is 6.22. The average Bonchev–Trinajstić information content (AvgIpc) is 3.06. The fourth-order valence-electron chi connectivity index (χ4n) is 3.26. The van der Waals surface area contributed by atoms with Crippen LogP contribution in [0.3, 0.4) is 0 Å². The molecule has 2 aromatic rings. The largest absolute Gasteiger partial charge is 0.338 e. The van der Waals surface area contributed by atoms with Gasteiger partial charge in [-0.25, -0.2) is 0 Å². The maximum Gasteiger partial charge on any atom is 0.309 e. The molecule has 0 saturated carbocycles. The minimum Gasteiger partial charge on any atom is -0.338 e. The van der Waals surface area contributed by atoms with Crippen LogP contribution in [0.5, 0.6) is 0 Å². The second-order valence-corrected chi connectivity index (χ2v) is 7.63. The molecule has 0 radical (unpaired) electrons. The van der Waals surface area contributed by atoms with Crippen LogP contribution in [0.1, 0.15) is 24.2 Å². The Morgan fingerprint density at radius 1 is 1.25 bits per heavy atom. The number of aryl methyl sites for hydroxylation is 1. The molecular formula is C18H21Cl2N5O3. The van der Waals surface area contributed by atoms with E-state index in [1.165, 1.54) is 10.9 Å². The lowest BCUT2D eigenvalue weighted by atomic mass is 10.2. The van der Waals surface area contributed by atoms with Crippen molar-refractivity contribution in [1.82, 2.24) is 19.6 Å². The van der Waals surface area contributed by atoms with Gasteiger partial charge in [-0.1, -0.05) is 29.3 Å². The summed E-state index contributed by atoms with van der Waals surface area (Å²) in [6.07, 6.45) is 1.31. The molecule has 1 amide bonds. The van der Waals surface area contributed by atoms with Crippen molar-refractivity contribution in [1.29, 1.82) is 0 Å². The minimum absolute atomic E-state index is 0.0823. The van der Waals surface area contributed by atoms with Crippen LogP contribution < -0.4 is 0 Å². The number of halogens is 2. The molecule has 28 heavy (non-hydrogen) atoms. The molecule has 3 rings (SSSR count). The second kappa shape index (κ2) is 8.46. The normalized spacial score (nSPS) is 16.2. The van der Waals surface area contributed by atoms with E-state index in [1.54, 1.807) is 18.7 Å². The molecule has 8 nitrogen and oxygen atoms in total. The number of hydrogen-bond acceptors (Lipinski definition) is 5. The van der Waals surface area contributed by atoms with E-state index in [1.807, 2.05) is 18.2 Å². The maximum atomic E-state index is 12.8. The van der Waals surface area contributed by atoms with Gasteiger partial charge in [-0.3, -0.25) is 24.5 Å². The van der Waals surface area contributed by atoms with Crippen molar-refractivity contribution in [3.63, 3.8) is 0 Å². The Balaban J connectivity index is 1.60. The lowest BCUT2D eigenvalue weighted by molar-refractivity contribution is -0.385. The number of aromatic nitrogens is 2. The predicted molar refractivity (Wildman–Crippen MR) is 107 cm³/mol. The van der Waals surface area contributed by atoms with E-state index in [0.717, 1.165) is 5.56 Å². The molecule has 0 bridgehead atoms. The number of hydrogen-bond donors (Lipinski definition) is 0. The molecule has 1 unspecified atom stereocenters. The van der Waals surface area contributed by atoms with E-state index < -0.39 is 11.0 Å². The summed E-state index contributed by atoms with van der Waals surface area (Å²) in [5.41, 5.74) is 1.10. The first-order valence-electron chi connectivity index (χ1n) is 8.92. The van der Waals surface area contributed by atoms with Crippen LogP contribution in [-0.4, -0.2) is 56.6 Å². The topological polar surface area (TPSA) is 84.5 Å². The minimum atomic E-state index is -0.600. The van der Waals surface area contributed by atoms with Crippen LogP contribution >= 0.6 is 23.2 Å². The monoisotopic (exact) mass is 425 g/mol. The molecule has 0 N–H and O–H groups in total. The summed E-state index contributed by atoms with van der Waals surface area (Å²) >= 11 is 12.5. The van der Waals surface area contributed by atoms with Crippen molar-refractivity contribution in [3.05, 3.63) is 55.8 Å². The fourth-order valence-corrected chi connectivity index (χ4v) is 3.78. The van der Waals surface area contributed by atoms with Crippen LogP contribution in [-0.2, 0) is 11.3 Å². The highest BCUT2D eigenvalue weighted by Crippen LogP contribution is 2.26. The van der Waals surface area contributed by atoms with Crippen LogP contribution in [0.15, 0.2) is 24.4 Å². The lowest BCUT2D eigenvalue weighted by Crippen LogP contribution is -2.50. The molecule has 0 aliphatic carbocycles. The average molecular weight is 426 g/mol. The first kappa shape index (κ1) is 20.6. The van der Waals surface area contributed by atoms with Crippen molar-refractivity contribution in [2.45, 2.75) is 26.4 Å². The molecule has 1 aromatic heterocycles. The van der Waals surface area contributed by atoms with Crippen molar-refractivity contribution < 1.29 is 9.72 Å². The van der Waals surface area contributed by atoms with Crippen LogP contribution in [0.25, 0.3) is 0 Å². The molecule has 1 saturated heterocycles. The summed E-state index contributed by atoms with van der Waals surface area (Å²) < 4.78 is 1.37. The molecule has 1 aromatic carbocycles. The van der Waals surface area contributed by atoms with Gasteiger partial charge in [0.15, 0.2) is 0 Å². The summed E-state index contributed by atoms with van der Waals surface area (Å²) in [5.74, 6) is -0.104. The van der Waals surface area contributed by atoms with Crippen molar-refractivity contribution in [2.75, 3.05) is 26.2 Å². The number of nitrogens with zero attached hydrogens (tertiary/aromatic N) is 5. The van der Waals surface area contributed by atoms with E-state index in [-0.39, 0.29) is 11.6 Å². The molecule has 1 aliphatic rings. The third-order valence-corrected chi connectivity index (χ3v) is 5.68. The van der Waals surface area contributed by atoms with Gasteiger partial charge >= 0.3 is 5.69 Å². The Hall–Kier alpha value is -2.16. The highest BCUT2D eigenvalue weighted by atomic mass is 35.5. The van der Waals surface area contributed by atoms with Gasteiger partial charge in [0, 0.05) is 48.3 Å². The van der Waals surface area contributed by atoms with Crippen molar-refractivity contribution >= 4 is 34.8 Å². The van der Waals surface area contributed by atoms with E-state index in [0.29, 0.717) is 48.5 Å². The van der Waals surface area contributed by atoms with Gasteiger partial charge in [-0.2, -0.15) is 5.10 Å². The zero-order valence-corrected chi connectivity index (χ0v) is 17.2. The molecule has 1 aliphatic heterocycles. The number of carbonyl (C=O) groups excluding carboxylic acids is 1. The SMILES string of the molecule is Cc1nn(C(C)C(=O)N2CCN(Cc3c(Cl)cccc3Cl)CC2)cc1[N+](=O)[O-]. The second-order valence-electron chi connectivity index (χ2n) is 6.81. The highest BCUT2D eigenvalue weighted by molar-refractivity contribution is 6.35. The Bertz CT molecular complexity index is 873. The van der Waals surface area contributed by atoms with Crippen LogP contribution in [0.4, 0.5) is 5.69 Å². The Morgan fingerprint density at radius 3 is 2.39 bits per heavy atom. The van der Waals surface area contributed by atoms with Crippen LogP contribution in [0, 0.1) is 17.0 Å². The zero-order chi connectivity index (χ0) is 20.4. The van der Waals surface area contributed by atoms with Gasteiger partial charge in [0.05, 0.1) is 4.92 Å². The first-order chi connectivity index (χ1) is 13.3. The number of rotatable bonds is 5. The van der Waals surface area contributed by atoms with E-state index in [4.69, 9.17) is 23.2 Å². The van der Waals surface area contributed by atoms with Gasteiger partial charge in [0.2, 0.25) is 5.91 Å². The number of nitro groups is 1. The van der Waals surface area contributed by atoms with E-state index >= 15 is 0 Å². The number of benzene rings is 1. The highest BCUT2D eigenvalue weighted by Gasteiger charge is 2.28. The quantitative estimate of drug-likeness (QED) is 0.541. The Morgan fingerprint density at radius 2 is 1.86 bits per heavy atom. The lowest BCUT2D eigenvalue weighted by Gasteiger charge is -2.36. The standard InChI is InChI=1S/C18H21Cl2N5O3/c1-12-17(25(27)28)11-24(21-12)13(2)18(26)23-8-6-22(7-9-23)10-14-15(19)4-3-5-16(14)20/h3-5,11,13H,6-10H2,1-2H3. The molecule has 1 fully saturated rings. The Labute approximate surface area is 172 Å². The number of carbonyl (C=O) groups is 1. The van der Waals surface area contributed by atoms with Crippen molar-refractivity contribution in [3.8, 4) is 0 Å². The fraction of sp³-hybridized carbons (Fsp3) is 0.444. The molecule has 2 heterocycles. The summed E-state index contributed by atoms with van der Waals surface area (Å²) in [6.45, 7) is 6.40. The smallest absolute Gasteiger partial charge is 0.309 e. The first-order valence-corrected chi connectivity index (χ1v) is 9.67. The maximum absolute atomic E-state index is 12.8. The number of piperazine rings is 1. The van der Waals surface area contributed by atoms with Gasteiger partial charge in [0.25, 0.3) is 0 Å². The zero-order valence-electron chi connectivity index (χ0n) is 15.6. The summed E-state index contributed by atoms with van der Waals surface area (Å²) in [4.78, 5) is 27.3. The van der Waals surface area contributed by atoms with Gasteiger partial charge in [0.1, 0.15) is 17.9 Å².